The van der Waals surface area contributed by atoms with Gasteiger partial charge in [0.1, 0.15) is 5.76 Å². The Morgan fingerprint density at radius 3 is 3.04 bits per heavy atom. The standard InChI is InChI=1S/C18H30N4O2/c1-14(2)12-21-18(20-8-7-16-6-4-10-24-16)22-9-3-5-15(13-22)11-17(19)23/h4,6,10,14-15H,3,5,7-9,11-13H2,1-2H3,(H2,19,23)(H,20,21). The molecule has 1 amide bonds. The Balaban J connectivity index is 1.93. The number of carbonyl (C=O) groups excluding carboxylic acids is 1. The van der Waals surface area contributed by atoms with Crippen LogP contribution in [0.25, 0.3) is 0 Å². The molecule has 2 heterocycles. The van der Waals surface area contributed by atoms with Crippen molar-refractivity contribution in [3.63, 3.8) is 0 Å². The number of aliphatic imine (C=N–C) groups is 1. The maximum absolute atomic E-state index is 11.2. The minimum atomic E-state index is -0.215. The van der Waals surface area contributed by atoms with Crippen LogP contribution < -0.4 is 11.1 Å². The number of furan rings is 1. The Labute approximate surface area is 144 Å². The maximum Gasteiger partial charge on any atom is 0.217 e. The van der Waals surface area contributed by atoms with Crippen molar-refractivity contribution in [2.24, 2.45) is 22.6 Å². The van der Waals surface area contributed by atoms with E-state index in [0.29, 0.717) is 18.3 Å². The van der Waals surface area contributed by atoms with Gasteiger partial charge >= 0.3 is 0 Å². The van der Waals surface area contributed by atoms with Crippen LogP contribution >= 0.6 is 0 Å². The van der Waals surface area contributed by atoms with E-state index in [4.69, 9.17) is 15.1 Å². The van der Waals surface area contributed by atoms with Gasteiger partial charge in [-0.05, 0) is 36.8 Å². The minimum Gasteiger partial charge on any atom is -0.469 e. The van der Waals surface area contributed by atoms with E-state index < -0.39 is 0 Å². The van der Waals surface area contributed by atoms with E-state index >= 15 is 0 Å². The van der Waals surface area contributed by atoms with E-state index in [-0.39, 0.29) is 5.91 Å². The number of nitrogens with two attached hydrogens (primary N) is 1. The Morgan fingerprint density at radius 2 is 2.38 bits per heavy atom. The molecule has 134 valence electrons. The number of nitrogens with one attached hydrogen (secondary N) is 1. The average molecular weight is 334 g/mol. The number of likely N-dealkylation sites (tertiary alicyclic amines) is 1. The van der Waals surface area contributed by atoms with Gasteiger partial charge in [0.25, 0.3) is 0 Å². The molecule has 6 heteroatoms. The van der Waals surface area contributed by atoms with E-state index in [1.165, 1.54) is 0 Å². The lowest BCUT2D eigenvalue weighted by Crippen LogP contribution is -2.47. The number of guanidine groups is 1. The lowest BCUT2D eigenvalue weighted by Gasteiger charge is -2.35. The zero-order chi connectivity index (χ0) is 17.4. The van der Waals surface area contributed by atoms with Crippen LogP contribution in [0.4, 0.5) is 0 Å². The second-order valence-corrected chi connectivity index (χ2v) is 6.94. The van der Waals surface area contributed by atoms with E-state index in [0.717, 1.165) is 57.2 Å². The lowest BCUT2D eigenvalue weighted by molar-refractivity contribution is -0.119. The molecule has 0 bridgehead atoms. The average Bonchev–Trinajstić information content (AvgIpc) is 3.03. The molecule has 1 atom stereocenters. The first-order chi connectivity index (χ1) is 11.5. The summed E-state index contributed by atoms with van der Waals surface area (Å²) in [5.41, 5.74) is 5.36. The summed E-state index contributed by atoms with van der Waals surface area (Å²) in [5, 5.41) is 3.46. The highest BCUT2D eigenvalue weighted by molar-refractivity contribution is 5.80. The maximum atomic E-state index is 11.2. The third-order valence-corrected chi connectivity index (χ3v) is 4.15. The first-order valence-corrected chi connectivity index (χ1v) is 8.88. The Hall–Kier alpha value is -1.98. The summed E-state index contributed by atoms with van der Waals surface area (Å²) in [7, 11) is 0. The summed E-state index contributed by atoms with van der Waals surface area (Å²) in [6, 6.07) is 3.89. The van der Waals surface area contributed by atoms with Crippen LogP contribution in [0.1, 0.15) is 38.9 Å². The van der Waals surface area contributed by atoms with Crippen LogP contribution in [0.15, 0.2) is 27.8 Å². The SMILES string of the molecule is CC(C)CN=C(NCCc1ccco1)N1CCCC(CC(N)=O)C1. The quantitative estimate of drug-likeness (QED) is 0.590. The van der Waals surface area contributed by atoms with Crippen molar-refractivity contribution in [1.29, 1.82) is 0 Å². The highest BCUT2D eigenvalue weighted by atomic mass is 16.3. The van der Waals surface area contributed by atoms with Gasteiger partial charge in [-0.15, -0.1) is 0 Å². The van der Waals surface area contributed by atoms with E-state index in [1.54, 1.807) is 6.26 Å². The Morgan fingerprint density at radius 1 is 1.54 bits per heavy atom. The van der Waals surface area contributed by atoms with Gasteiger partial charge in [0.15, 0.2) is 5.96 Å². The van der Waals surface area contributed by atoms with Crippen LogP contribution in [-0.4, -0.2) is 42.9 Å². The van der Waals surface area contributed by atoms with Crippen molar-refractivity contribution in [3.05, 3.63) is 24.2 Å². The molecule has 1 aromatic rings. The topological polar surface area (TPSA) is 83.9 Å². The van der Waals surface area contributed by atoms with Gasteiger partial charge in [0, 0.05) is 39.0 Å². The Kier molecular flexibility index (Phi) is 7.15. The number of nitrogens with zero attached hydrogens (tertiary/aromatic N) is 2. The molecule has 1 saturated heterocycles. The summed E-state index contributed by atoms with van der Waals surface area (Å²) in [4.78, 5) is 18.2. The largest absolute Gasteiger partial charge is 0.469 e. The summed E-state index contributed by atoms with van der Waals surface area (Å²) in [6.45, 7) is 7.71. The molecule has 0 saturated carbocycles. The smallest absolute Gasteiger partial charge is 0.217 e. The summed E-state index contributed by atoms with van der Waals surface area (Å²) in [5.74, 6) is 2.53. The highest BCUT2D eigenvalue weighted by Gasteiger charge is 2.23. The zero-order valence-electron chi connectivity index (χ0n) is 14.8. The van der Waals surface area contributed by atoms with E-state index in [9.17, 15) is 4.79 Å². The van der Waals surface area contributed by atoms with Gasteiger partial charge in [0.05, 0.1) is 6.26 Å². The lowest BCUT2D eigenvalue weighted by atomic mass is 9.95. The molecule has 1 aliphatic rings. The minimum absolute atomic E-state index is 0.215. The molecule has 0 aromatic carbocycles. The van der Waals surface area contributed by atoms with Gasteiger partial charge in [-0.1, -0.05) is 13.8 Å². The first kappa shape index (κ1) is 18.4. The van der Waals surface area contributed by atoms with Crippen LogP contribution in [0, 0.1) is 11.8 Å². The van der Waals surface area contributed by atoms with Gasteiger partial charge in [-0.25, -0.2) is 0 Å². The van der Waals surface area contributed by atoms with Crippen molar-refractivity contribution in [2.45, 2.75) is 39.5 Å². The number of rotatable bonds is 7. The van der Waals surface area contributed by atoms with Crippen molar-refractivity contribution in [3.8, 4) is 0 Å². The van der Waals surface area contributed by atoms with Crippen LogP contribution in [0.2, 0.25) is 0 Å². The molecular weight excluding hydrogens is 304 g/mol. The molecule has 0 spiro atoms. The predicted octanol–water partition coefficient (Wildman–Crippen LogP) is 2.01. The normalized spacial score (nSPS) is 18.9. The van der Waals surface area contributed by atoms with E-state index in [1.807, 2.05) is 12.1 Å². The van der Waals surface area contributed by atoms with Crippen molar-refractivity contribution >= 4 is 11.9 Å². The van der Waals surface area contributed by atoms with E-state index in [2.05, 4.69) is 24.1 Å². The monoisotopic (exact) mass is 334 g/mol. The molecule has 6 nitrogen and oxygen atoms in total. The number of hydrogen-bond acceptors (Lipinski definition) is 3. The van der Waals surface area contributed by atoms with Gasteiger partial charge in [-0.2, -0.15) is 0 Å². The van der Waals surface area contributed by atoms with Gasteiger partial charge in [-0.3, -0.25) is 9.79 Å². The summed E-state index contributed by atoms with van der Waals surface area (Å²) < 4.78 is 5.37. The van der Waals surface area contributed by atoms with Gasteiger partial charge in [0.2, 0.25) is 5.91 Å². The molecule has 24 heavy (non-hydrogen) atoms. The van der Waals surface area contributed by atoms with Gasteiger partial charge < -0.3 is 20.4 Å². The fraction of sp³-hybridized carbons (Fsp3) is 0.667. The van der Waals surface area contributed by atoms with Crippen LogP contribution in [0.3, 0.4) is 0 Å². The third kappa shape index (κ3) is 6.26. The molecule has 3 N–H and O–H groups in total. The highest BCUT2D eigenvalue weighted by Crippen LogP contribution is 2.19. The van der Waals surface area contributed by atoms with Crippen LogP contribution in [-0.2, 0) is 11.2 Å². The van der Waals surface area contributed by atoms with Crippen molar-refractivity contribution in [1.82, 2.24) is 10.2 Å². The number of piperidine rings is 1. The van der Waals surface area contributed by atoms with Crippen LogP contribution in [0.5, 0.6) is 0 Å². The molecule has 1 fully saturated rings. The third-order valence-electron chi connectivity index (χ3n) is 4.15. The number of hydrogen-bond donors (Lipinski definition) is 2. The summed E-state index contributed by atoms with van der Waals surface area (Å²) >= 11 is 0. The molecule has 0 radical (unpaired) electrons. The number of primary amides is 1. The fourth-order valence-corrected chi connectivity index (χ4v) is 3.00. The fourth-order valence-electron chi connectivity index (χ4n) is 3.00. The predicted molar refractivity (Wildman–Crippen MR) is 95.7 cm³/mol. The van der Waals surface area contributed by atoms with Crippen molar-refractivity contribution < 1.29 is 9.21 Å². The van der Waals surface area contributed by atoms with Crippen molar-refractivity contribution in [2.75, 3.05) is 26.2 Å². The second-order valence-electron chi connectivity index (χ2n) is 6.94. The zero-order valence-corrected chi connectivity index (χ0v) is 14.8. The number of carbonyl (C=O) groups is 1. The molecule has 2 rings (SSSR count). The molecule has 1 aliphatic heterocycles. The first-order valence-electron chi connectivity index (χ1n) is 8.88. The molecular formula is C18H30N4O2. The second kappa shape index (κ2) is 9.35. The molecule has 1 unspecified atom stereocenters. The molecule has 1 aromatic heterocycles. The summed E-state index contributed by atoms with van der Waals surface area (Å²) in [6.07, 6.45) is 5.11. The number of amides is 1. The Bertz CT molecular complexity index is 525. The molecule has 0 aliphatic carbocycles.